The molecule has 18 heavy (non-hydrogen) atoms. The van der Waals surface area contributed by atoms with Gasteiger partial charge in [0.15, 0.2) is 0 Å². The van der Waals surface area contributed by atoms with E-state index in [0.29, 0.717) is 6.42 Å². The summed E-state index contributed by atoms with van der Waals surface area (Å²) < 4.78 is 0. The summed E-state index contributed by atoms with van der Waals surface area (Å²) in [6.45, 7) is 7.23. The Morgan fingerprint density at radius 1 is 1.50 bits per heavy atom. The van der Waals surface area contributed by atoms with Crippen LogP contribution in [-0.4, -0.2) is 28.1 Å². The van der Waals surface area contributed by atoms with E-state index in [9.17, 15) is 19.6 Å². The number of hydrogen-bond donors (Lipinski definition) is 2. The van der Waals surface area contributed by atoms with E-state index in [2.05, 4.69) is 6.58 Å². The van der Waals surface area contributed by atoms with Crippen molar-refractivity contribution in [1.29, 1.82) is 0 Å². The van der Waals surface area contributed by atoms with Crippen molar-refractivity contribution in [2.45, 2.75) is 33.1 Å². The van der Waals surface area contributed by atoms with Crippen LogP contribution in [0.1, 0.15) is 33.1 Å². The zero-order chi connectivity index (χ0) is 13.9. The van der Waals surface area contributed by atoms with Gasteiger partial charge in [-0.05, 0) is 18.8 Å². The molecule has 6 nitrogen and oxygen atoms in total. The third-order valence-corrected chi connectivity index (χ3v) is 3.42. The SMILES string of the molecule is C=CCC1(C(C)CCC)C(=O)NC(=O)N(O)C1=O. The van der Waals surface area contributed by atoms with Gasteiger partial charge in [0.2, 0.25) is 5.91 Å². The molecule has 2 unspecified atom stereocenters. The van der Waals surface area contributed by atoms with Gasteiger partial charge >= 0.3 is 6.03 Å². The molecule has 0 aromatic heterocycles. The van der Waals surface area contributed by atoms with Crippen molar-refractivity contribution < 1.29 is 19.6 Å². The first-order valence-corrected chi connectivity index (χ1v) is 5.91. The Morgan fingerprint density at radius 3 is 2.61 bits per heavy atom. The molecule has 1 saturated heterocycles. The van der Waals surface area contributed by atoms with E-state index >= 15 is 0 Å². The van der Waals surface area contributed by atoms with Crippen molar-refractivity contribution in [1.82, 2.24) is 10.4 Å². The molecule has 1 fully saturated rings. The number of hydrogen-bond acceptors (Lipinski definition) is 4. The van der Waals surface area contributed by atoms with Gasteiger partial charge in [-0.25, -0.2) is 4.79 Å². The van der Waals surface area contributed by atoms with Gasteiger partial charge in [0.1, 0.15) is 5.41 Å². The zero-order valence-corrected chi connectivity index (χ0v) is 10.6. The lowest BCUT2D eigenvalue weighted by Gasteiger charge is -2.40. The van der Waals surface area contributed by atoms with Crippen LogP contribution < -0.4 is 5.32 Å². The lowest BCUT2D eigenvalue weighted by molar-refractivity contribution is -0.177. The summed E-state index contributed by atoms with van der Waals surface area (Å²) >= 11 is 0. The van der Waals surface area contributed by atoms with Crippen molar-refractivity contribution in [3.8, 4) is 0 Å². The molecule has 0 saturated carbocycles. The number of allylic oxidation sites excluding steroid dienone is 1. The van der Waals surface area contributed by atoms with E-state index in [4.69, 9.17) is 0 Å². The maximum absolute atomic E-state index is 12.1. The van der Waals surface area contributed by atoms with Crippen LogP contribution in [0.2, 0.25) is 0 Å². The maximum atomic E-state index is 12.1. The van der Waals surface area contributed by atoms with Gasteiger partial charge in [0.25, 0.3) is 5.91 Å². The van der Waals surface area contributed by atoms with Crippen LogP contribution in [0.4, 0.5) is 4.79 Å². The monoisotopic (exact) mass is 254 g/mol. The van der Waals surface area contributed by atoms with Crippen LogP contribution in [-0.2, 0) is 9.59 Å². The highest BCUT2D eigenvalue weighted by molar-refractivity contribution is 6.18. The number of barbiturate groups is 1. The average molecular weight is 254 g/mol. The van der Waals surface area contributed by atoms with E-state index in [1.165, 1.54) is 6.08 Å². The third kappa shape index (κ3) is 2.03. The Kier molecular flexibility index (Phi) is 4.24. The van der Waals surface area contributed by atoms with Crippen LogP contribution in [0.25, 0.3) is 0 Å². The van der Waals surface area contributed by atoms with E-state index in [1.54, 1.807) is 6.92 Å². The molecule has 6 heteroatoms. The van der Waals surface area contributed by atoms with Crippen molar-refractivity contribution >= 4 is 17.8 Å². The Bertz CT molecular complexity index is 394. The lowest BCUT2D eigenvalue weighted by Crippen LogP contribution is -2.64. The summed E-state index contributed by atoms with van der Waals surface area (Å²) in [5.41, 5.74) is -1.44. The Labute approximate surface area is 106 Å². The van der Waals surface area contributed by atoms with Crippen LogP contribution in [0.3, 0.4) is 0 Å². The summed E-state index contributed by atoms with van der Waals surface area (Å²) in [5, 5.41) is 11.4. The highest BCUT2D eigenvalue weighted by Crippen LogP contribution is 2.39. The quantitative estimate of drug-likeness (QED) is 0.441. The number of imide groups is 2. The fraction of sp³-hybridized carbons (Fsp3) is 0.583. The van der Waals surface area contributed by atoms with Gasteiger partial charge in [-0.1, -0.05) is 26.3 Å². The molecule has 1 heterocycles. The average Bonchev–Trinajstić information content (AvgIpc) is 2.32. The normalized spacial score (nSPS) is 25.9. The topological polar surface area (TPSA) is 86.7 Å². The maximum Gasteiger partial charge on any atom is 0.355 e. The van der Waals surface area contributed by atoms with Crippen LogP contribution in [0, 0.1) is 11.3 Å². The number of hydroxylamine groups is 2. The number of rotatable bonds is 5. The first-order chi connectivity index (χ1) is 8.41. The number of carbonyl (C=O) groups is 3. The minimum atomic E-state index is -1.44. The highest BCUT2D eigenvalue weighted by atomic mass is 16.5. The molecule has 0 radical (unpaired) electrons. The standard InChI is InChI=1S/C12H18N2O4/c1-4-6-8(3)12(7-5-2)9(15)13-11(17)14(18)10(12)16/h5,8,18H,2,4,6-7H2,1,3H3,(H,13,15,17). The van der Waals surface area contributed by atoms with Crippen LogP contribution in [0.5, 0.6) is 0 Å². The van der Waals surface area contributed by atoms with Gasteiger partial charge < -0.3 is 0 Å². The number of nitrogens with one attached hydrogen (secondary N) is 1. The van der Waals surface area contributed by atoms with E-state index in [1.807, 2.05) is 12.2 Å². The summed E-state index contributed by atoms with van der Waals surface area (Å²) in [7, 11) is 0. The Balaban J connectivity index is 3.22. The number of amides is 4. The summed E-state index contributed by atoms with van der Waals surface area (Å²) in [5.74, 6) is -1.84. The first-order valence-electron chi connectivity index (χ1n) is 5.91. The summed E-state index contributed by atoms with van der Waals surface area (Å²) in [6.07, 6.45) is 2.96. The molecule has 1 aliphatic rings. The first kappa shape index (κ1) is 14.4. The van der Waals surface area contributed by atoms with Crippen LogP contribution in [0.15, 0.2) is 12.7 Å². The lowest BCUT2D eigenvalue weighted by atomic mass is 9.69. The van der Waals surface area contributed by atoms with Crippen molar-refractivity contribution in [2.24, 2.45) is 11.3 Å². The molecule has 1 rings (SSSR count). The fourth-order valence-electron chi connectivity index (χ4n) is 2.36. The molecule has 0 aromatic rings. The van der Waals surface area contributed by atoms with Crippen molar-refractivity contribution in [3.63, 3.8) is 0 Å². The molecule has 0 bridgehead atoms. The predicted molar refractivity (Wildman–Crippen MR) is 63.5 cm³/mol. The Hall–Kier alpha value is -1.69. The van der Waals surface area contributed by atoms with E-state index < -0.39 is 23.3 Å². The molecular formula is C12H18N2O4. The highest BCUT2D eigenvalue weighted by Gasteiger charge is 2.56. The molecule has 0 aromatic carbocycles. The number of nitrogens with zero attached hydrogens (tertiary/aromatic N) is 1. The second-order valence-electron chi connectivity index (χ2n) is 4.53. The Morgan fingerprint density at radius 2 is 2.11 bits per heavy atom. The number of urea groups is 1. The second-order valence-corrected chi connectivity index (χ2v) is 4.53. The van der Waals surface area contributed by atoms with E-state index in [0.717, 1.165) is 6.42 Å². The molecule has 4 amide bonds. The van der Waals surface area contributed by atoms with Gasteiger partial charge in [-0.15, -0.1) is 11.6 Å². The smallest absolute Gasteiger partial charge is 0.277 e. The fourth-order valence-corrected chi connectivity index (χ4v) is 2.36. The molecule has 0 spiro atoms. The second kappa shape index (κ2) is 5.30. The molecule has 100 valence electrons. The zero-order valence-electron chi connectivity index (χ0n) is 10.6. The molecule has 2 N–H and O–H groups in total. The van der Waals surface area contributed by atoms with Gasteiger partial charge in [0, 0.05) is 0 Å². The third-order valence-electron chi connectivity index (χ3n) is 3.42. The largest absolute Gasteiger partial charge is 0.355 e. The predicted octanol–water partition coefficient (Wildman–Crippen LogP) is 1.45. The molecular weight excluding hydrogens is 236 g/mol. The molecule has 2 atom stereocenters. The summed E-state index contributed by atoms with van der Waals surface area (Å²) in [6, 6.07) is -1.10. The summed E-state index contributed by atoms with van der Waals surface area (Å²) in [4.78, 5) is 35.4. The van der Waals surface area contributed by atoms with Gasteiger partial charge in [-0.2, -0.15) is 0 Å². The van der Waals surface area contributed by atoms with Gasteiger partial charge in [0.05, 0.1) is 0 Å². The van der Waals surface area contributed by atoms with Crippen molar-refractivity contribution in [2.75, 3.05) is 0 Å². The minimum absolute atomic E-state index is 0.0168. The van der Waals surface area contributed by atoms with Crippen molar-refractivity contribution in [3.05, 3.63) is 12.7 Å². The van der Waals surface area contributed by atoms with Crippen LogP contribution >= 0.6 is 0 Å². The molecule has 1 aliphatic heterocycles. The minimum Gasteiger partial charge on any atom is -0.277 e. The van der Waals surface area contributed by atoms with E-state index in [-0.39, 0.29) is 17.4 Å². The molecule has 0 aliphatic carbocycles. The number of carbonyl (C=O) groups excluding carboxylic acids is 3. The van der Waals surface area contributed by atoms with Gasteiger partial charge in [-0.3, -0.25) is 20.1 Å².